The highest BCUT2D eigenvalue weighted by Gasteiger charge is 2.21. The third-order valence-electron chi connectivity index (χ3n) is 4.42. The molecule has 0 aliphatic rings. The van der Waals surface area contributed by atoms with Crippen molar-refractivity contribution >= 4 is 50.2 Å². The largest absolute Gasteiger partial charge is 0.495 e. The Morgan fingerprint density at radius 2 is 1.88 bits per heavy atom. The van der Waals surface area contributed by atoms with Crippen molar-refractivity contribution in [1.82, 2.24) is 9.97 Å². The third kappa shape index (κ3) is 4.77. The lowest BCUT2D eigenvalue weighted by molar-refractivity contribution is 0.102. The van der Waals surface area contributed by atoms with Crippen LogP contribution in [0, 0.1) is 0 Å². The van der Waals surface area contributed by atoms with Crippen LogP contribution in [-0.2, 0) is 10.0 Å². The molecular formula is C21H17ClN4O4S2. The number of sulfonamides is 1. The van der Waals surface area contributed by atoms with Crippen LogP contribution in [0.2, 0.25) is 5.02 Å². The molecule has 2 aromatic heterocycles. The molecule has 11 heteroatoms. The van der Waals surface area contributed by atoms with Crippen LogP contribution in [-0.4, -0.2) is 31.4 Å². The van der Waals surface area contributed by atoms with Crippen LogP contribution in [0.25, 0.3) is 11.4 Å². The molecule has 2 aromatic carbocycles. The number of imidazole rings is 1. The molecule has 0 atom stereocenters. The monoisotopic (exact) mass is 488 g/mol. The number of aromatic amines is 1. The highest BCUT2D eigenvalue weighted by atomic mass is 35.5. The molecule has 0 saturated carbocycles. The molecule has 0 aliphatic carbocycles. The molecule has 0 fully saturated rings. The van der Waals surface area contributed by atoms with Gasteiger partial charge in [0.05, 0.1) is 13.3 Å². The van der Waals surface area contributed by atoms with E-state index in [0.717, 1.165) is 5.56 Å². The number of amides is 1. The number of nitrogens with one attached hydrogen (secondary N) is 3. The van der Waals surface area contributed by atoms with Crippen LogP contribution in [0.15, 0.2) is 70.4 Å². The van der Waals surface area contributed by atoms with E-state index in [1.54, 1.807) is 30.3 Å². The molecule has 0 aliphatic heterocycles. The van der Waals surface area contributed by atoms with E-state index in [1.165, 1.54) is 36.8 Å². The van der Waals surface area contributed by atoms with Crippen molar-refractivity contribution in [2.45, 2.75) is 4.90 Å². The fourth-order valence-electron chi connectivity index (χ4n) is 2.87. The number of thiophene rings is 1. The molecule has 0 spiro atoms. The predicted molar refractivity (Wildman–Crippen MR) is 125 cm³/mol. The summed E-state index contributed by atoms with van der Waals surface area (Å²) in [5, 5.41) is 6.98. The molecule has 4 aromatic rings. The van der Waals surface area contributed by atoms with Crippen molar-refractivity contribution in [3.63, 3.8) is 0 Å². The summed E-state index contributed by atoms with van der Waals surface area (Å²) in [7, 11) is -2.64. The van der Waals surface area contributed by atoms with E-state index in [-0.39, 0.29) is 22.0 Å². The van der Waals surface area contributed by atoms with Crippen LogP contribution in [0.3, 0.4) is 0 Å². The summed E-state index contributed by atoms with van der Waals surface area (Å²) >= 11 is 7.38. The average molecular weight is 489 g/mol. The zero-order chi connectivity index (χ0) is 22.7. The molecule has 0 unspecified atom stereocenters. The molecule has 0 radical (unpaired) electrons. The van der Waals surface area contributed by atoms with Gasteiger partial charge >= 0.3 is 0 Å². The fraction of sp³-hybridized carbons (Fsp3) is 0.0476. The summed E-state index contributed by atoms with van der Waals surface area (Å²) < 4.78 is 33.6. The van der Waals surface area contributed by atoms with Gasteiger partial charge in [-0.05, 0) is 53.9 Å². The zero-order valence-electron chi connectivity index (χ0n) is 16.6. The van der Waals surface area contributed by atoms with Crippen LogP contribution in [0.4, 0.5) is 11.4 Å². The van der Waals surface area contributed by atoms with Gasteiger partial charge in [-0.2, -0.15) is 11.3 Å². The maximum absolute atomic E-state index is 13.0. The summed E-state index contributed by atoms with van der Waals surface area (Å²) in [5.41, 5.74) is 1.73. The van der Waals surface area contributed by atoms with Crippen molar-refractivity contribution < 1.29 is 17.9 Å². The summed E-state index contributed by atoms with van der Waals surface area (Å²) in [6.45, 7) is 0. The Morgan fingerprint density at radius 3 is 2.56 bits per heavy atom. The SMILES string of the molecule is COc1ccc(NC(=O)c2cnc(-c3ccsc3)[nH]2)cc1S(=O)(=O)Nc1ccc(Cl)cc1. The maximum Gasteiger partial charge on any atom is 0.273 e. The van der Waals surface area contributed by atoms with Gasteiger partial charge in [0.2, 0.25) is 0 Å². The van der Waals surface area contributed by atoms with Crippen molar-refractivity contribution in [1.29, 1.82) is 0 Å². The topological polar surface area (TPSA) is 113 Å². The lowest BCUT2D eigenvalue weighted by Crippen LogP contribution is -2.16. The molecule has 32 heavy (non-hydrogen) atoms. The first-order valence-corrected chi connectivity index (χ1v) is 12.0. The number of anilines is 2. The number of halogens is 1. The second-order valence-electron chi connectivity index (χ2n) is 6.59. The molecule has 8 nitrogen and oxygen atoms in total. The number of hydrogen-bond donors (Lipinski definition) is 3. The lowest BCUT2D eigenvalue weighted by atomic mass is 10.3. The number of H-pyrrole nitrogens is 1. The number of carbonyl (C=O) groups excluding carboxylic acids is 1. The van der Waals surface area contributed by atoms with E-state index in [1.807, 2.05) is 16.8 Å². The van der Waals surface area contributed by atoms with Crippen molar-refractivity contribution in [2.24, 2.45) is 0 Å². The van der Waals surface area contributed by atoms with Gasteiger partial charge in [0.15, 0.2) is 0 Å². The first-order valence-electron chi connectivity index (χ1n) is 9.21. The Hall–Kier alpha value is -3.34. The van der Waals surface area contributed by atoms with Crippen LogP contribution in [0.5, 0.6) is 5.75 Å². The minimum atomic E-state index is -4.01. The number of carbonyl (C=O) groups is 1. The first-order chi connectivity index (χ1) is 15.4. The number of benzene rings is 2. The number of rotatable bonds is 7. The van der Waals surface area contributed by atoms with Crippen molar-refractivity contribution in [3.8, 4) is 17.1 Å². The van der Waals surface area contributed by atoms with Gasteiger partial charge in [-0.25, -0.2) is 13.4 Å². The van der Waals surface area contributed by atoms with Crippen molar-refractivity contribution in [2.75, 3.05) is 17.1 Å². The number of aromatic nitrogens is 2. The van der Waals surface area contributed by atoms with E-state index in [2.05, 4.69) is 20.0 Å². The van der Waals surface area contributed by atoms with Crippen LogP contribution in [0.1, 0.15) is 10.5 Å². The van der Waals surface area contributed by atoms with Gasteiger partial charge in [0.1, 0.15) is 22.2 Å². The van der Waals surface area contributed by atoms with Gasteiger partial charge in [-0.15, -0.1) is 0 Å². The maximum atomic E-state index is 13.0. The van der Waals surface area contributed by atoms with Crippen LogP contribution < -0.4 is 14.8 Å². The summed E-state index contributed by atoms with van der Waals surface area (Å²) in [4.78, 5) is 19.7. The molecule has 1 amide bonds. The summed E-state index contributed by atoms with van der Waals surface area (Å²) in [6.07, 6.45) is 1.42. The van der Waals surface area contributed by atoms with Crippen LogP contribution >= 0.6 is 22.9 Å². The standard InChI is InChI=1S/C21H17ClN4O4S2/c1-30-18-7-6-16(10-19(18)32(28,29)26-15-4-2-14(22)3-5-15)24-21(27)17-11-23-20(25-17)13-8-9-31-12-13/h2-12,26H,1H3,(H,23,25)(H,24,27). The third-order valence-corrected chi connectivity index (χ3v) is 6.76. The lowest BCUT2D eigenvalue weighted by Gasteiger charge is -2.13. The second kappa shape index (κ2) is 9.03. The molecular weight excluding hydrogens is 472 g/mol. The number of methoxy groups -OCH3 is 1. The molecule has 3 N–H and O–H groups in total. The minimum absolute atomic E-state index is 0.128. The molecule has 0 saturated heterocycles. The van der Waals surface area contributed by atoms with E-state index in [0.29, 0.717) is 16.5 Å². The summed E-state index contributed by atoms with van der Waals surface area (Å²) in [5.74, 6) is 0.241. The molecule has 164 valence electrons. The molecule has 2 heterocycles. The van der Waals surface area contributed by atoms with Gasteiger partial charge < -0.3 is 15.0 Å². The fourth-order valence-corrected chi connectivity index (χ4v) is 4.89. The van der Waals surface area contributed by atoms with Gasteiger partial charge in [0, 0.05) is 27.3 Å². The van der Waals surface area contributed by atoms with Gasteiger partial charge in [0.25, 0.3) is 15.9 Å². The molecule has 0 bridgehead atoms. The van der Waals surface area contributed by atoms with Gasteiger partial charge in [-0.1, -0.05) is 11.6 Å². The average Bonchev–Trinajstić information content (AvgIpc) is 3.47. The number of ether oxygens (including phenoxy) is 1. The Bertz CT molecular complexity index is 1350. The van der Waals surface area contributed by atoms with E-state index in [4.69, 9.17) is 16.3 Å². The Balaban J connectivity index is 1.57. The Kier molecular flexibility index (Phi) is 6.17. The molecule has 4 rings (SSSR count). The highest BCUT2D eigenvalue weighted by molar-refractivity contribution is 7.92. The number of hydrogen-bond acceptors (Lipinski definition) is 6. The van der Waals surface area contributed by atoms with E-state index < -0.39 is 15.9 Å². The minimum Gasteiger partial charge on any atom is -0.495 e. The van der Waals surface area contributed by atoms with E-state index >= 15 is 0 Å². The second-order valence-corrected chi connectivity index (χ2v) is 9.46. The van der Waals surface area contributed by atoms with E-state index in [9.17, 15) is 13.2 Å². The highest BCUT2D eigenvalue weighted by Crippen LogP contribution is 2.29. The normalized spacial score (nSPS) is 11.2. The Labute approximate surface area is 193 Å². The summed E-state index contributed by atoms with van der Waals surface area (Å²) in [6, 6.07) is 12.5. The van der Waals surface area contributed by atoms with Crippen molar-refractivity contribution in [3.05, 3.63) is 76.2 Å². The first kappa shape index (κ1) is 21.9. The quantitative estimate of drug-likeness (QED) is 0.344. The zero-order valence-corrected chi connectivity index (χ0v) is 19.0. The van der Waals surface area contributed by atoms with Gasteiger partial charge in [-0.3, -0.25) is 9.52 Å². The smallest absolute Gasteiger partial charge is 0.273 e. The Morgan fingerprint density at radius 1 is 1.12 bits per heavy atom. The number of nitrogens with zero attached hydrogens (tertiary/aromatic N) is 1. The predicted octanol–water partition coefficient (Wildman–Crippen LogP) is 4.85.